The fraction of sp³-hybridized carbons (Fsp3) is 0.667. The van der Waals surface area contributed by atoms with Gasteiger partial charge in [0.1, 0.15) is 0 Å². The largest absolute Gasteiger partial charge is 0.310 e. The summed E-state index contributed by atoms with van der Waals surface area (Å²) in [6, 6.07) is 7.88. The van der Waals surface area contributed by atoms with Crippen LogP contribution in [-0.4, -0.2) is 6.04 Å². The number of hydrogen-bond donors (Lipinski definition) is 1. The Morgan fingerprint density at radius 2 is 1.84 bits per heavy atom. The second-order valence-electron chi connectivity index (χ2n) is 6.46. The van der Waals surface area contributed by atoms with Gasteiger partial charge in [0, 0.05) is 12.6 Å². The van der Waals surface area contributed by atoms with Crippen LogP contribution in [-0.2, 0) is 19.4 Å². The van der Waals surface area contributed by atoms with Gasteiger partial charge < -0.3 is 5.32 Å². The van der Waals surface area contributed by atoms with Gasteiger partial charge in [-0.3, -0.25) is 0 Å². The Morgan fingerprint density at radius 3 is 2.63 bits per heavy atom. The lowest BCUT2D eigenvalue weighted by molar-refractivity contribution is 0.285. The van der Waals surface area contributed by atoms with Crippen LogP contribution in [0.4, 0.5) is 0 Å². The first-order chi connectivity index (χ1) is 9.35. The van der Waals surface area contributed by atoms with E-state index < -0.39 is 0 Å². The van der Waals surface area contributed by atoms with Crippen molar-refractivity contribution < 1.29 is 0 Å². The number of fused-ring (bicyclic) bond motifs is 1. The second-order valence-corrected chi connectivity index (χ2v) is 6.46. The molecule has 1 N–H and O–H groups in total. The van der Waals surface area contributed by atoms with Gasteiger partial charge in [-0.2, -0.15) is 0 Å². The van der Waals surface area contributed by atoms with Crippen molar-refractivity contribution in [2.24, 2.45) is 5.92 Å². The van der Waals surface area contributed by atoms with E-state index in [0.29, 0.717) is 0 Å². The summed E-state index contributed by atoms with van der Waals surface area (Å²) >= 11 is 0. The third-order valence-corrected chi connectivity index (χ3v) is 5.18. The molecule has 1 saturated carbocycles. The summed E-state index contributed by atoms with van der Waals surface area (Å²) < 4.78 is 0. The highest BCUT2D eigenvalue weighted by Gasteiger charge is 2.19. The van der Waals surface area contributed by atoms with Gasteiger partial charge in [-0.05, 0) is 67.6 Å². The minimum Gasteiger partial charge on any atom is -0.310 e. The van der Waals surface area contributed by atoms with E-state index in [1.807, 2.05) is 0 Å². The van der Waals surface area contributed by atoms with Crippen LogP contribution in [0.15, 0.2) is 18.2 Å². The Hall–Kier alpha value is -0.820. The fourth-order valence-electron chi connectivity index (χ4n) is 3.77. The van der Waals surface area contributed by atoms with Gasteiger partial charge in [-0.15, -0.1) is 0 Å². The molecule has 3 rings (SSSR count). The van der Waals surface area contributed by atoms with Gasteiger partial charge in [0.05, 0.1) is 0 Å². The van der Waals surface area contributed by atoms with Crippen LogP contribution >= 0.6 is 0 Å². The third kappa shape index (κ3) is 3.20. The molecule has 0 radical (unpaired) electrons. The van der Waals surface area contributed by atoms with Gasteiger partial charge in [-0.25, -0.2) is 0 Å². The summed E-state index contributed by atoms with van der Waals surface area (Å²) in [7, 11) is 0. The molecule has 0 atom stereocenters. The van der Waals surface area contributed by atoms with E-state index in [4.69, 9.17) is 0 Å². The first kappa shape index (κ1) is 13.2. The van der Waals surface area contributed by atoms with Gasteiger partial charge >= 0.3 is 0 Å². The van der Waals surface area contributed by atoms with Crippen LogP contribution in [0.1, 0.15) is 62.1 Å². The molecule has 1 fully saturated rings. The molecule has 104 valence electrons. The smallest absolute Gasteiger partial charge is 0.0208 e. The lowest BCUT2D eigenvalue weighted by Crippen LogP contribution is -2.32. The molecule has 1 aromatic carbocycles. The van der Waals surface area contributed by atoms with E-state index in [0.717, 1.165) is 18.5 Å². The zero-order chi connectivity index (χ0) is 13.1. The molecular weight excluding hydrogens is 230 g/mol. The number of aryl methyl sites for hydroxylation is 2. The minimum atomic E-state index is 0.760. The van der Waals surface area contributed by atoms with Crippen molar-refractivity contribution in [3.05, 3.63) is 34.9 Å². The van der Waals surface area contributed by atoms with Gasteiger partial charge in [0.25, 0.3) is 0 Å². The summed E-state index contributed by atoms with van der Waals surface area (Å²) in [5.41, 5.74) is 4.68. The first-order valence-electron chi connectivity index (χ1n) is 8.19. The molecule has 2 aliphatic carbocycles. The van der Waals surface area contributed by atoms with E-state index in [-0.39, 0.29) is 0 Å². The van der Waals surface area contributed by atoms with Crippen LogP contribution in [0.2, 0.25) is 0 Å². The SMILES string of the molecule is CCC1CCC(NCc2ccc3c(c2)CCC3)CC1. The van der Waals surface area contributed by atoms with Crippen molar-refractivity contribution in [2.75, 3.05) is 0 Å². The Bertz CT molecular complexity index is 416. The molecule has 1 nitrogen and oxygen atoms in total. The van der Waals surface area contributed by atoms with E-state index in [1.165, 1.54) is 56.9 Å². The molecule has 0 bridgehead atoms. The van der Waals surface area contributed by atoms with Crippen molar-refractivity contribution >= 4 is 0 Å². The van der Waals surface area contributed by atoms with Gasteiger partial charge in [0.15, 0.2) is 0 Å². The Kier molecular flexibility index (Phi) is 4.22. The molecule has 1 heteroatoms. The average molecular weight is 257 g/mol. The molecule has 0 spiro atoms. The summed E-state index contributed by atoms with van der Waals surface area (Å²) in [5, 5.41) is 3.77. The Balaban J connectivity index is 1.50. The molecular formula is C18H27N. The number of hydrogen-bond acceptors (Lipinski definition) is 1. The normalized spacial score (nSPS) is 26.4. The Labute approximate surface area is 117 Å². The second kappa shape index (κ2) is 6.09. The summed E-state index contributed by atoms with van der Waals surface area (Å²) in [5.74, 6) is 0.998. The van der Waals surface area contributed by atoms with Crippen LogP contribution in [0.5, 0.6) is 0 Å². The summed E-state index contributed by atoms with van der Waals surface area (Å²) in [6.07, 6.45) is 10.9. The maximum atomic E-state index is 3.77. The van der Waals surface area contributed by atoms with Gasteiger partial charge in [0.2, 0.25) is 0 Å². The molecule has 19 heavy (non-hydrogen) atoms. The lowest BCUT2D eigenvalue weighted by atomic mass is 9.84. The van der Waals surface area contributed by atoms with Crippen molar-refractivity contribution in [2.45, 2.75) is 70.9 Å². The van der Waals surface area contributed by atoms with E-state index in [2.05, 4.69) is 30.4 Å². The highest BCUT2D eigenvalue weighted by molar-refractivity contribution is 5.35. The van der Waals surface area contributed by atoms with Crippen molar-refractivity contribution in [1.29, 1.82) is 0 Å². The molecule has 0 heterocycles. The van der Waals surface area contributed by atoms with E-state index in [1.54, 1.807) is 11.1 Å². The molecule has 0 unspecified atom stereocenters. The molecule has 1 aromatic rings. The first-order valence-corrected chi connectivity index (χ1v) is 8.19. The fourth-order valence-corrected chi connectivity index (χ4v) is 3.77. The molecule has 0 amide bonds. The average Bonchev–Trinajstić information content (AvgIpc) is 2.93. The predicted octanol–water partition coefficient (Wildman–Crippen LogP) is 4.23. The maximum Gasteiger partial charge on any atom is 0.0208 e. The van der Waals surface area contributed by atoms with Crippen LogP contribution in [0.3, 0.4) is 0 Å². The van der Waals surface area contributed by atoms with Crippen molar-refractivity contribution in [3.63, 3.8) is 0 Å². The number of benzene rings is 1. The quantitative estimate of drug-likeness (QED) is 0.851. The number of nitrogens with one attached hydrogen (secondary N) is 1. The van der Waals surface area contributed by atoms with Crippen molar-refractivity contribution in [1.82, 2.24) is 5.32 Å². The standard InChI is InChI=1S/C18H27N/c1-2-14-7-10-18(11-8-14)19-13-15-6-9-16-4-3-5-17(16)12-15/h6,9,12,14,18-19H,2-5,7-8,10-11,13H2,1H3. The topological polar surface area (TPSA) is 12.0 Å². The summed E-state index contributed by atoms with van der Waals surface area (Å²) in [6.45, 7) is 3.40. The van der Waals surface area contributed by atoms with Crippen LogP contribution in [0.25, 0.3) is 0 Å². The van der Waals surface area contributed by atoms with Crippen molar-refractivity contribution in [3.8, 4) is 0 Å². The molecule has 2 aliphatic rings. The van der Waals surface area contributed by atoms with E-state index >= 15 is 0 Å². The predicted molar refractivity (Wildman–Crippen MR) is 81.3 cm³/mol. The third-order valence-electron chi connectivity index (χ3n) is 5.18. The van der Waals surface area contributed by atoms with Crippen LogP contribution in [0, 0.1) is 5.92 Å². The zero-order valence-electron chi connectivity index (χ0n) is 12.3. The molecule has 0 aromatic heterocycles. The maximum absolute atomic E-state index is 3.77. The Morgan fingerprint density at radius 1 is 1.05 bits per heavy atom. The monoisotopic (exact) mass is 257 g/mol. The number of rotatable bonds is 4. The molecule has 0 aliphatic heterocycles. The lowest BCUT2D eigenvalue weighted by Gasteiger charge is -2.28. The van der Waals surface area contributed by atoms with E-state index in [9.17, 15) is 0 Å². The molecule has 0 saturated heterocycles. The zero-order valence-corrected chi connectivity index (χ0v) is 12.3. The summed E-state index contributed by atoms with van der Waals surface area (Å²) in [4.78, 5) is 0. The highest BCUT2D eigenvalue weighted by atomic mass is 14.9. The van der Waals surface area contributed by atoms with Crippen LogP contribution < -0.4 is 5.32 Å². The minimum absolute atomic E-state index is 0.760. The van der Waals surface area contributed by atoms with Gasteiger partial charge in [-0.1, -0.05) is 31.5 Å². The highest BCUT2D eigenvalue weighted by Crippen LogP contribution is 2.27.